The summed E-state index contributed by atoms with van der Waals surface area (Å²) in [4.78, 5) is 11.4. The number of amides is 1. The molecule has 0 unspecified atom stereocenters. The number of para-hydroxylation sites is 1. The van der Waals surface area contributed by atoms with E-state index in [2.05, 4.69) is 26.6 Å². The van der Waals surface area contributed by atoms with Crippen LogP contribution in [0.1, 0.15) is 5.56 Å². The molecule has 0 spiro atoms. The van der Waals surface area contributed by atoms with Gasteiger partial charge in [-0.15, -0.1) is 0 Å². The highest BCUT2D eigenvalue weighted by Crippen LogP contribution is 2.26. The van der Waals surface area contributed by atoms with Gasteiger partial charge in [0.1, 0.15) is 0 Å². The summed E-state index contributed by atoms with van der Waals surface area (Å²) in [5.74, 6) is -3.97. The van der Waals surface area contributed by atoms with Crippen molar-refractivity contribution in [2.24, 2.45) is 0 Å². The van der Waals surface area contributed by atoms with E-state index in [0.29, 0.717) is 5.69 Å². The third kappa shape index (κ3) is 4.76. The second kappa shape index (κ2) is 7.92. The number of carbonyl (C=O) groups excluding carboxylic acids is 1. The number of sulfone groups is 1. The first-order valence-corrected chi connectivity index (χ1v) is 9.46. The van der Waals surface area contributed by atoms with Gasteiger partial charge in [0.25, 0.3) is 0 Å². The fourth-order valence-electron chi connectivity index (χ4n) is 2.06. The summed E-state index contributed by atoms with van der Waals surface area (Å²) in [6.07, 6.45) is 0. The van der Waals surface area contributed by atoms with Gasteiger partial charge in [-0.3, -0.25) is 4.79 Å². The summed E-state index contributed by atoms with van der Waals surface area (Å²) in [6.45, 7) is 1.59. The van der Waals surface area contributed by atoms with Crippen LogP contribution in [-0.2, 0) is 14.6 Å². The first-order chi connectivity index (χ1) is 11.7. The van der Waals surface area contributed by atoms with E-state index >= 15 is 0 Å². The van der Waals surface area contributed by atoms with Crippen LogP contribution in [0.4, 0.5) is 20.2 Å². The maximum Gasteiger partial charge on any atom is 0.341 e. The summed E-state index contributed by atoms with van der Waals surface area (Å²) in [6, 6.07) is 10.5. The van der Waals surface area contributed by atoms with E-state index in [4.69, 9.17) is 0 Å². The van der Waals surface area contributed by atoms with Crippen molar-refractivity contribution in [2.45, 2.75) is 17.6 Å². The molecule has 2 aromatic rings. The zero-order valence-corrected chi connectivity index (χ0v) is 15.5. The molecule has 0 bridgehead atoms. The fourth-order valence-corrected chi connectivity index (χ4v) is 3.21. The van der Waals surface area contributed by atoms with Crippen LogP contribution in [0.3, 0.4) is 0 Å². The maximum absolute atomic E-state index is 12.7. The highest BCUT2D eigenvalue weighted by Gasteiger charge is 2.29. The molecular formula is C16H15BrF2N2O3S. The molecule has 0 radical (unpaired) electrons. The summed E-state index contributed by atoms with van der Waals surface area (Å²) >= 11 is 3.35. The molecule has 0 fully saturated rings. The normalized spacial score (nSPS) is 11.4. The molecule has 134 valence electrons. The average Bonchev–Trinajstić information content (AvgIpc) is 2.56. The number of alkyl halides is 2. The van der Waals surface area contributed by atoms with Gasteiger partial charge in [-0.25, -0.2) is 8.42 Å². The number of anilines is 2. The number of halogens is 3. The minimum atomic E-state index is -4.76. The van der Waals surface area contributed by atoms with Crippen molar-refractivity contribution in [1.29, 1.82) is 0 Å². The van der Waals surface area contributed by atoms with Gasteiger partial charge in [0.15, 0.2) is 0 Å². The predicted molar refractivity (Wildman–Crippen MR) is 95.6 cm³/mol. The van der Waals surface area contributed by atoms with Gasteiger partial charge in [0, 0.05) is 10.2 Å². The summed E-state index contributed by atoms with van der Waals surface area (Å²) < 4.78 is 49.7. The second-order valence-corrected chi connectivity index (χ2v) is 7.91. The SMILES string of the molecule is Cc1cc(NC(=O)CNc2ccccc2S(=O)(=O)C(F)F)ccc1Br. The van der Waals surface area contributed by atoms with Crippen LogP contribution in [0.25, 0.3) is 0 Å². The number of nitrogens with one attached hydrogen (secondary N) is 2. The third-order valence-corrected chi connectivity index (χ3v) is 5.64. The smallest absolute Gasteiger partial charge is 0.341 e. The van der Waals surface area contributed by atoms with Crippen LogP contribution in [0.5, 0.6) is 0 Å². The Bertz CT molecular complexity index is 889. The lowest BCUT2D eigenvalue weighted by Gasteiger charge is -2.12. The standard InChI is InChI=1S/C16H15BrF2N2O3S/c1-10-8-11(6-7-12(10)17)21-15(22)9-20-13-4-2-3-5-14(13)25(23,24)16(18)19/h2-8,16,20H,9H2,1H3,(H,21,22). The highest BCUT2D eigenvalue weighted by molar-refractivity contribution is 9.10. The highest BCUT2D eigenvalue weighted by atomic mass is 79.9. The van der Waals surface area contributed by atoms with Gasteiger partial charge >= 0.3 is 5.76 Å². The first-order valence-electron chi connectivity index (χ1n) is 7.13. The minimum absolute atomic E-state index is 0.0510. The lowest BCUT2D eigenvalue weighted by atomic mass is 10.2. The van der Waals surface area contributed by atoms with E-state index in [1.807, 2.05) is 6.92 Å². The number of hydrogen-bond donors (Lipinski definition) is 2. The van der Waals surface area contributed by atoms with Gasteiger partial charge in [0.2, 0.25) is 15.7 Å². The molecule has 0 saturated heterocycles. The summed E-state index contributed by atoms with van der Waals surface area (Å²) in [5, 5.41) is 5.23. The van der Waals surface area contributed by atoms with Crippen LogP contribution in [0.2, 0.25) is 0 Å². The van der Waals surface area contributed by atoms with Crippen LogP contribution in [0.15, 0.2) is 51.8 Å². The van der Waals surface area contributed by atoms with Crippen LogP contribution >= 0.6 is 15.9 Å². The van der Waals surface area contributed by atoms with Crippen molar-refractivity contribution in [3.05, 3.63) is 52.5 Å². The summed E-state index contributed by atoms with van der Waals surface area (Å²) in [5.41, 5.74) is 1.45. The lowest BCUT2D eigenvalue weighted by Crippen LogP contribution is -2.23. The van der Waals surface area contributed by atoms with Gasteiger partial charge in [0.05, 0.1) is 17.1 Å². The molecule has 1 amide bonds. The molecule has 2 aromatic carbocycles. The number of rotatable bonds is 6. The van der Waals surface area contributed by atoms with Crippen LogP contribution in [0, 0.1) is 6.92 Å². The topological polar surface area (TPSA) is 75.3 Å². The molecule has 0 atom stereocenters. The largest absolute Gasteiger partial charge is 0.375 e. The molecule has 5 nitrogen and oxygen atoms in total. The van der Waals surface area contributed by atoms with E-state index < -0.39 is 26.4 Å². The quantitative estimate of drug-likeness (QED) is 0.727. The molecular weight excluding hydrogens is 418 g/mol. The molecule has 9 heteroatoms. The Kier molecular flexibility index (Phi) is 6.12. The van der Waals surface area contributed by atoms with Gasteiger partial charge in [-0.2, -0.15) is 8.78 Å². The van der Waals surface area contributed by atoms with Crippen molar-refractivity contribution < 1.29 is 22.0 Å². The van der Waals surface area contributed by atoms with Crippen molar-refractivity contribution in [2.75, 3.05) is 17.2 Å². The molecule has 0 aromatic heterocycles. The Morgan fingerprint density at radius 2 is 1.88 bits per heavy atom. The van der Waals surface area contributed by atoms with Gasteiger partial charge in [-0.05, 0) is 42.8 Å². The maximum atomic E-state index is 12.7. The van der Waals surface area contributed by atoms with Crippen molar-refractivity contribution in [3.8, 4) is 0 Å². The fraction of sp³-hybridized carbons (Fsp3) is 0.188. The van der Waals surface area contributed by atoms with E-state index in [1.165, 1.54) is 18.2 Å². The number of carbonyl (C=O) groups is 1. The monoisotopic (exact) mass is 432 g/mol. The zero-order valence-electron chi connectivity index (χ0n) is 13.1. The molecule has 0 aliphatic rings. The zero-order chi connectivity index (χ0) is 18.6. The van der Waals surface area contributed by atoms with Crippen LogP contribution < -0.4 is 10.6 Å². The Hall–Kier alpha value is -2.00. The van der Waals surface area contributed by atoms with Crippen molar-refractivity contribution in [1.82, 2.24) is 0 Å². The number of aryl methyl sites for hydroxylation is 1. The molecule has 0 heterocycles. The molecule has 0 saturated carbocycles. The Labute approximate surface area is 152 Å². The third-order valence-electron chi connectivity index (χ3n) is 3.31. The molecule has 2 rings (SSSR count). The second-order valence-electron chi connectivity index (χ2n) is 5.17. The first kappa shape index (κ1) is 19.3. The van der Waals surface area contributed by atoms with E-state index in [-0.39, 0.29) is 12.2 Å². The Morgan fingerprint density at radius 1 is 1.20 bits per heavy atom. The van der Waals surface area contributed by atoms with Gasteiger partial charge < -0.3 is 10.6 Å². The predicted octanol–water partition coefficient (Wildman–Crippen LogP) is 3.80. The van der Waals surface area contributed by atoms with E-state index in [1.54, 1.807) is 18.2 Å². The van der Waals surface area contributed by atoms with Crippen LogP contribution in [-0.4, -0.2) is 26.6 Å². The Balaban J connectivity index is 2.09. The molecule has 0 aliphatic heterocycles. The van der Waals surface area contributed by atoms with Gasteiger partial charge in [-0.1, -0.05) is 28.1 Å². The van der Waals surface area contributed by atoms with E-state index in [9.17, 15) is 22.0 Å². The number of benzene rings is 2. The lowest BCUT2D eigenvalue weighted by molar-refractivity contribution is -0.114. The molecule has 0 aliphatic carbocycles. The molecule has 25 heavy (non-hydrogen) atoms. The van der Waals surface area contributed by atoms with E-state index in [0.717, 1.165) is 16.1 Å². The average molecular weight is 433 g/mol. The number of hydrogen-bond acceptors (Lipinski definition) is 4. The van der Waals surface area contributed by atoms with Crippen molar-refractivity contribution >= 4 is 43.0 Å². The minimum Gasteiger partial charge on any atom is -0.375 e. The summed E-state index contributed by atoms with van der Waals surface area (Å²) in [7, 11) is -4.76. The molecule has 2 N–H and O–H groups in total. The Morgan fingerprint density at radius 3 is 2.52 bits per heavy atom. The van der Waals surface area contributed by atoms with Crippen molar-refractivity contribution in [3.63, 3.8) is 0 Å².